The fraction of sp³-hybridized carbons (Fsp3) is 0.533. The molecule has 7 heteroatoms. The Morgan fingerprint density at radius 3 is 2.59 bits per heavy atom. The number of methoxy groups -OCH3 is 1. The molecule has 1 saturated carbocycles. The first-order valence-corrected chi connectivity index (χ1v) is 9.22. The van der Waals surface area contributed by atoms with E-state index in [-0.39, 0.29) is 5.91 Å². The molecule has 1 fully saturated rings. The van der Waals surface area contributed by atoms with E-state index in [4.69, 9.17) is 4.74 Å². The molecule has 0 aromatic heterocycles. The van der Waals surface area contributed by atoms with Crippen LogP contribution in [0.2, 0.25) is 0 Å². The zero-order valence-electron chi connectivity index (χ0n) is 12.9. The number of benzene rings is 1. The molecule has 0 atom stereocenters. The Labute approximate surface area is 131 Å². The highest BCUT2D eigenvalue weighted by atomic mass is 32.2. The monoisotopic (exact) mass is 326 g/mol. The molecular weight excluding hydrogens is 304 g/mol. The van der Waals surface area contributed by atoms with Crippen LogP contribution >= 0.6 is 0 Å². The average Bonchev–Trinajstić information content (AvgIpc) is 2.90. The van der Waals surface area contributed by atoms with Crippen molar-refractivity contribution < 1.29 is 17.9 Å². The largest absolute Gasteiger partial charge is 0.495 e. The third-order valence-corrected chi connectivity index (χ3v) is 4.32. The van der Waals surface area contributed by atoms with Gasteiger partial charge in [0.25, 0.3) is 0 Å². The van der Waals surface area contributed by atoms with Crippen molar-refractivity contribution in [1.82, 2.24) is 0 Å². The Balaban J connectivity index is 2.07. The molecular formula is C15H22N2O4S. The fourth-order valence-electron chi connectivity index (χ4n) is 2.75. The van der Waals surface area contributed by atoms with Gasteiger partial charge in [0.15, 0.2) is 0 Å². The SMILES string of the molecule is COc1ccc(NC(=O)CC2CCCC2)cc1NS(C)(=O)=O. The summed E-state index contributed by atoms with van der Waals surface area (Å²) in [6.07, 6.45) is 6.19. The standard InChI is InChI=1S/C15H22N2O4S/c1-21-14-8-7-12(10-13(14)17-22(2,19)20)16-15(18)9-11-5-3-4-6-11/h7-8,10-11,17H,3-6,9H2,1-2H3,(H,16,18). The highest BCUT2D eigenvalue weighted by Crippen LogP contribution is 2.30. The van der Waals surface area contributed by atoms with Gasteiger partial charge < -0.3 is 10.1 Å². The smallest absolute Gasteiger partial charge is 0.229 e. The van der Waals surface area contributed by atoms with E-state index in [0.717, 1.165) is 19.1 Å². The van der Waals surface area contributed by atoms with Crippen LogP contribution in [0.4, 0.5) is 11.4 Å². The first kappa shape index (κ1) is 16.6. The molecule has 0 spiro atoms. The number of carbonyl (C=O) groups is 1. The van der Waals surface area contributed by atoms with Crippen molar-refractivity contribution in [3.63, 3.8) is 0 Å². The number of hydrogen-bond donors (Lipinski definition) is 2. The quantitative estimate of drug-likeness (QED) is 0.841. The van der Waals surface area contributed by atoms with Crippen LogP contribution in [-0.4, -0.2) is 27.7 Å². The molecule has 6 nitrogen and oxygen atoms in total. The lowest BCUT2D eigenvalue weighted by molar-refractivity contribution is -0.117. The Morgan fingerprint density at radius 1 is 1.32 bits per heavy atom. The molecule has 1 amide bonds. The summed E-state index contributed by atoms with van der Waals surface area (Å²) in [5.74, 6) is 0.827. The van der Waals surface area contributed by atoms with Gasteiger partial charge in [0, 0.05) is 12.1 Å². The van der Waals surface area contributed by atoms with Gasteiger partial charge in [0.2, 0.25) is 15.9 Å². The third-order valence-electron chi connectivity index (χ3n) is 3.73. The van der Waals surface area contributed by atoms with Gasteiger partial charge in [-0.3, -0.25) is 9.52 Å². The number of nitrogens with one attached hydrogen (secondary N) is 2. The Bertz CT molecular complexity index is 637. The predicted molar refractivity (Wildman–Crippen MR) is 86.7 cm³/mol. The van der Waals surface area contributed by atoms with Crippen LogP contribution in [0.1, 0.15) is 32.1 Å². The highest BCUT2D eigenvalue weighted by Gasteiger charge is 2.18. The number of amides is 1. The lowest BCUT2D eigenvalue weighted by Crippen LogP contribution is -2.16. The van der Waals surface area contributed by atoms with E-state index in [1.165, 1.54) is 20.0 Å². The second-order valence-corrected chi connectivity index (χ2v) is 7.44. The van der Waals surface area contributed by atoms with Crippen molar-refractivity contribution in [3.05, 3.63) is 18.2 Å². The maximum absolute atomic E-state index is 12.0. The predicted octanol–water partition coefficient (Wildman–Crippen LogP) is 2.59. The summed E-state index contributed by atoms with van der Waals surface area (Å²) in [5.41, 5.74) is 0.860. The molecule has 2 N–H and O–H groups in total. The maximum Gasteiger partial charge on any atom is 0.229 e. The summed E-state index contributed by atoms with van der Waals surface area (Å²) >= 11 is 0. The zero-order valence-corrected chi connectivity index (χ0v) is 13.7. The number of hydrogen-bond acceptors (Lipinski definition) is 4. The topological polar surface area (TPSA) is 84.5 Å². The zero-order chi connectivity index (χ0) is 16.2. The van der Waals surface area contributed by atoms with Gasteiger partial charge in [-0.2, -0.15) is 0 Å². The molecule has 1 aliphatic rings. The Kier molecular flexibility index (Phi) is 5.28. The molecule has 122 valence electrons. The van der Waals surface area contributed by atoms with E-state index in [0.29, 0.717) is 29.5 Å². The molecule has 0 radical (unpaired) electrons. The molecule has 0 saturated heterocycles. The average molecular weight is 326 g/mol. The van der Waals surface area contributed by atoms with E-state index in [9.17, 15) is 13.2 Å². The molecule has 0 heterocycles. The minimum atomic E-state index is -3.42. The van der Waals surface area contributed by atoms with Crippen molar-refractivity contribution in [3.8, 4) is 5.75 Å². The third kappa shape index (κ3) is 4.91. The lowest BCUT2D eigenvalue weighted by atomic mass is 10.0. The van der Waals surface area contributed by atoms with Crippen molar-refractivity contribution in [2.24, 2.45) is 5.92 Å². The number of ether oxygens (including phenoxy) is 1. The van der Waals surface area contributed by atoms with E-state index in [2.05, 4.69) is 10.0 Å². The number of rotatable bonds is 6. The second kappa shape index (κ2) is 7.00. The van der Waals surface area contributed by atoms with Crippen molar-refractivity contribution in [2.45, 2.75) is 32.1 Å². The molecule has 0 unspecified atom stereocenters. The first-order valence-electron chi connectivity index (χ1n) is 7.33. The van der Waals surface area contributed by atoms with E-state index >= 15 is 0 Å². The number of anilines is 2. The summed E-state index contributed by atoms with van der Waals surface area (Å²) in [4.78, 5) is 12.0. The van der Waals surface area contributed by atoms with Gasteiger partial charge in [-0.25, -0.2) is 8.42 Å². The van der Waals surface area contributed by atoms with Gasteiger partial charge in [0.1, 0.15) is 5.75 Å². The normalized spacial score (nSPS) is 15.5. The van der Waals surface area contributed by atoms with Crippen LogP contribution in [-0.2, 0) is 14.8 Å². The molecule has 0 aliphatic heterocycles. The highest BCUT2D eigenvalue weighted by molar-refractivity contribution is 7.92. The second-order valence-electron chi connectivity index (χ2n) is 5.69. The molecule has 0 bridgehead atoms. The Morgan fingerprint density at radius 2 is 2.00 bits per heavy atom. The summed E-state index contributed by atoms with van der Waals surface area (Å²) in [6, 6.07) is 4.88. The van der Waals surface area contributed by atoms with E-state index in [1.807, 2.05) is 0 Å². The van der Waals surface area contributed by atoms with Crippen molar-refractivity contribution in [2.75, 3.05) is 23.4 Å². The number of carbonyl (C=O) groups excluding carboxylic acids is 1. The van der Waals surface area contributed by atoms with Gasteiger partial charge in [0.05, 0.1) is 19.1 Å². The van der Waals surface area contributed by atoms with Crippen molar-refractivity contribution in [1.29, 1.82) is 0 Å². The summed E-state index contributed by atoms with van der Waals surface area (Å²) < 4.78 is 30.3. The van der Waals surface area contributed by atoms with Crippen molar-refractivity contribution >= 4 is 27.3 Å². The molecule has 1 aromatic rings. The van der Waals surface area contributed by atoms with Crippen LogP contribution in [0.15, 0.2) is 18.2 Å². The van der Waals surface area contributed by atoms with Gasteiger partial charge in [-0.05, 0) is 37.0 Å². The van der Waals surface area contributed by atoms with Crippen LogP contribution < -0.4 is 14.8 Å². The molecule has 1 aromatic carbocycles. The number of sulfonamides is 1. The summed E-state index contributed by atoms with van der Waals surface area (Å²) in [7, 11) is -1.96. The fourth-order valence-corrected chi connectivity index (χ4v) is 3.31. The van der Waals surface area contributed by atoms with Crippen LogP contribution in [0, 0.1) is 5.92 Å². The summed E-state index contributed by atoms with van der Waals surface area (Å²) in [5, 5.41) is 2.82. The van der Waals surface area contributed by atoms with E-state index < -0.39 is 10.0 Å². The minimum absolute atomic E-state index is 0.0395. The van der Waals surface area contributed by atoms with Crippen LogP contribution in [0.5, 0.6) is 5.75 Å². The van der Waals surface area contributed by atoms with Crippen LogP contribution in [0.3, 0.4) is 0 Å². The minimum Gasteiger partial charge on any atom is -0.495 e. The molecule has 1 aliphatic carbocycles. The van der Waals surface area contributed by atoms with Gasteiger partial charge >= 0.3 is 0 Å². The van der Waals surface area contributed by atoms with E-state index in [1.54, 1.807) is 18.2 Å². The van der Waals surface area contributed by atoms with Gasteiger partial charge in [-0.15, -0.1) is 0 Å². The first-order chi connectivity index (χ1) is 10.4. The molecule has 2 rings (SSSR count). The van der Waals surface area contributed by atoms with Crippen LogP contribution in [0.25, 0.3) is 0 Å². The lowest BCUT2D eigenvalue weighted by Gasteiger charge is -2.13. The van der Waals surface area contributed by atoms with Gasteiger partial charge in [-0.1, -0.05) is 12.8 Å². The summed E-state index contributed by atoms with van der Waals surface area (Å²) in [6.45, 7) is 0. The Hall–Kier alpha value is -1.76. The molecule has 22 heavy (non-hydrogen) atoms. The maximum atomic E-state index is 12.0.